The van der Waals surface area contributed by atoms with E-state index in [1.807, 2.05) is 61.0 Å². The number of ether oxygens (including phenoxy) is 1. The van der Waals surface area contributed by atoms with E-state index in [0.717, 1.165) is 18.4 Å². The van der Waals surface area contributed by atoms with Gasteiger partial charge in [-0.1, -0.05) is 71.4 Å². The highest BCUT2D eigenvalue weighted by atomic mass is 16.5. The highest BCUT2D eigenvalue weighted by molar-refractivity contribution is 5.85. The zero-order valence-electron chi connectivity index (χ0n) is 26.0. The second-order valence-corrected chi connectivity index (χ2v) is 12.0. The van der Waals surface area contributed by atoms with Crippen LogP contribution in [0.1, 0.15) is 78.7 Å². The van der Waals surface area contributed by atoms with Gasteiger partial charge in [-0.25, -0.2) is 4.79 Å². The van der Waals surface area contributed by atoms with Crippen LogP contribution in [-0.4, -0.2) is 83.5 Å². The third-order valence-electron chi connectivity index (χ3n) is 8.50. The summed E-state index contributed by atoms with van der Waals surface area (Å²) < 4.78 is 5.79. The molecule has 1 fully saturated rings. The van der Waals surface area contributed by atoms with Gasteiger partial charge in [0.05, 0.1) is 18.1 Å². The van der Waals surface area contributed by atoms with Crippen molar-refractivity contribution in [1.82, 2.24) is 15.1 Å². The molecule has 6 unspecified atom stereocenters. The molecule has 1 heterocycles. The van der Waals surface area contributed by atoms with E-state index in [2.05, 4.69) is 19.2 Å². The normalized spacial score (nSPS) is 18.8. The number of carboxylic acid groups (broad SMARTS) is 1. The van der Waals surface area contributed by atoms with Crippen molar-refractivity contribution in [3.8, 4) is 0 Å². The Labute approximate surface area is 246 Å². The van der Waals surface area contributed by atoms with Crippen molar-refractivity contribution in [3.05, 3.63) is 35.9 Å². The molecule has 0 bridgehead atoms. The topological polar surface area (TPSA) is 116 Å². The molecule has 6 atom stereocenters. The molecule has 1 aliphatic heterocycles. The standard InChI is InChI=1S/C32H51N3O6/c1-8-22(4)26(34(6)29(37)19-21(2)3)16-17-28(36)35-18-12-15-27(35)30(41-7)23(5)31(38)33-25(32(39)40)20-24-13-10-9-11-14-24/h9-11,13-14,21-23,25-27,30H,8,12,15-20H2,1-7H3,(H,33,38)(H,39,40). The molecule has 1 aromatic rings. The van der Waals surface area contributed by atoms with Gasteiger partial charge in [0, 0.05) is 46.0 Å². The van der Waals surface area contributed by atoms with Crippen LogP contribution >= 0.6 is 0 Å². The van der Waals surface area contributed by atoms with Gasteiger partial charge < -0.3 is 25.0 Å². The molecule has 1 aliphatic rings. The number of benzene rings is 1. The highest BCUT2D eigenvalue weighted by Crippen LogP contribution is 2.28. The number of carbonyl (C=O) groups excluding carboxylic acids is 3. The molecule has 0 aliphatic carbocycles. The lowest BCUT2D eigenvalue weighted by Gasteiger charge is -2.36. The van der Waals surface area contributed by atoms with Crippen LogP contribution in [0, 0.1) is 17.8 Å². The molecule has 2 N–H and O–H groups in total. The molecule has 0 saturated carbocycles. The number of hydrogen-bond donors (Lipinski definition) is 2. The summed E-state index contributed by atoms with van der Waals surface area (Å²) in [6.45, 7) is 10.6. The number of nitrogens with one attached hydrogen (secondary N) is 1. The fourth-order valence-electron chi connectivity index (χ4n) is 5.87. The molecule has 0 radical (unpaired) electrons. The van der Waals surface area contributed by atoms with Gasteiger partial charge in [-0.3, -0.25) is 14.4 Å². The Bertz CT molecular complexity index is 1000. The first-order valence-electron chi connectivity index (χ1n) is 15.1. The zero-order chi connectivity index (χ0) is 30.7. The maximum atomic E-state index is 13.5. The van der Waals surface area contributed by atoms with Crippen molar-refractivity contribution in [2.75, 3.05) is 20.7 Å². The average molecular weight is 574 g/mol. The molecule has 1 saturated heterocycles. The van der Waals surface area contributed by atoms with Gasteiger partial charge in [0.1, 0.15) is 6.04 Å². The zero-order valence-corrected chi connectivity index (χ0v) is 26.0. The second kappa shape index (κ2) is 16.5. The Kier molecular flexibility index (Phi) is 13.8. The summed E-state index contributed by atoms with van der Waals surface area (Å²) in [5.74, 6) is -1.56. The maximum absolute atomic E-state index is 13.5. The van der Waals surface area contributed by atoms with Crippen molar-refractivity contribution in [2.45, 2.75) is 104 Å². The van der Waals surface area contributed by atoms with E-state index < -0.39 is 29.9 Å². The van der Waals surface area contributed by atoms with Crippen LogP contribution in [0.2, 0.25) is 0 Å². The molecular weight excluding hydrogens is 522 g/mol. The predicted octanol–water partition coefficient (Wildman–Crippen LogP) is 4.14. The van der Waals surface area contributed by atoms with Gasteiger partial charge in [-0.15, -0.1) is 0 Å². The third-order valence-corrected chi connectivity index (χ3v) is 8.50. The molecule has 1 aromatic carbocycles. The Morgan fingerprint density at radius 2 is 1.78 bits per heavy atom. The lowest BCUT2D eigenvalue weighted by Crippen LogP contribution is -2.52. The summed E-state index contributed by atoms with van der Waals surface area (Å²) in [4.78, 5) is 55.1. The third kappa shape index (κ3) is 9.83. The Morgan fingerprint density at radius 3 is 2.34 bits per heavy atom. The van der Waals surface area contributed by atoms with Crippen LogP contribution in [0.3, 0.4) is 0 Å². The Balaban J connectivity index is 2.08. The quantitative estimate of drug-likeness (QED) is 0.307. The van der Waals surface area contributed by atoms with E-state index in [9.17, 15) is 24.3 Å². The molecular formula is C32H51N3O6. The number of carbonyl (C=O) groups is 4. The molecule has 3 amide bonds. The van der Waals surface area contributed by atoms with Gasteiger partial charge in [0.15, 0.2) is 0 Å². The van der Waals surface area contributed by atoms with Crippen molar-refractivity contribution >= 4 is 23.7 Å². The smallest absolute Gasteiger partial charge is 0.326 e. The van der Waals surface area contributed by atoms with Crippen LogP contribution in [-0.2, 0) is 30.3 Å². The summed E-state index contributed by atoms with van der Waals surface area (Å²) in [5.41, 5.74) is 0.816. The highest BCUT2D eigenvalue weighted by Gasteiger charge is 2.40. The molecule has 2 rings (SSSR count). The van der Waals surface area contributed by atoms with Crippen molar-refractivity contribution in [2.24, 2.45) is 17.8 Å². The minimum atomic E-state index is -1.10. The van der Waals surface area contributed by atoms with Gasteiger partial charge in [-0.2, -0.15) is 0 Å². The molecule has 9 heteroatoms. The van der Waals surface area contributed by atoms with Crippen molar-refractivity contribution < 1.29 is 29.0 Å². The Morgan fingerprint density at radius 1 is 1.12 bits per heavy atom. The minimum absolute atomic E-state index is 0.00680. The summed E-state index contributed by atoms with van der Waals surface area (Å²) in [6, 6.07) is 7.79. The van der Waals surface area contributed by atoms with Crippen LogP contribution in [0.4, 0.5) is 0 Å². The van der Waals surface area contributed by atoms with E-state index in [1.165, 1.54) is 7.11 Å². The van der Waals surface area contributed by atoms with Gasteiger partial charge in [0.25, 0.3) is 0 Å². The lowest BCUT2D eigenvalue weighted by atomic mass is 9.92. The summed E-state index contributed by atoms with van der Waals surface area (Å²) >= 11 is 0. The van der Waals surface area contributed by atoms with Gasteiger partial charge in [0.2, 0.25) is 17.7 Å². The maximum Gasteiger partial charge on any atom is 0.326 e. The first-order chi connectivity index (χ1) is 19.4. The largest absolute Gasteiger partial charge is 0.480 e. The monoisotopic (exact) mass is 573 g/mol. The fraction of sp³-hybridized carbons (Fsp3) is 0.688. The minimum Gasteiger partial charge on any atom is -0.480 e. The van der Waals surface area contributed by atoms with Gasteiger partial charge >= 0.3 is 5.97 Å². The number of nitrogens with zero attached hydrogens (tertiary/aromatic N) is 2. The van der Waals surface area contributed by atoms with Crippen molar-refractivity contribution in [1.29, 1.82) is 0 Å². The van der Waals surface area contributed by atoms with E-state index in [1.54, 1.807) is 6.92 Å². The summed E-state index contributed by atoms with van der Waals surface area (Å²) in [7, 11) is 3.37. The second-order valence-electron chi connectivity index (χ2n) is 12.0. The van der Waals surface area contributed by atoms with Gasteiger partial charge in [-0.05, 0) is 36.7 Å². The molecule has 0 aromatic heterocycles. The first kappa shape index (κ1) is 34.3. The molecule has 230 valence electrons. The number of hydrogen-bond acceptors (Lipinski definition) is 5. The summed E-state index contributed by atoms with van der Waals surface area (Å²) in [6.07, 6.45) is 3.37. The van der Waals surface area contributed by atoms with E-state index >= 15 is 0 Å². The molecule has 0 spiro atoms. The average Bonchev–Trinajstić information content (AvgIpc) is 3.42. The summed E-state index contributed by atoms with van der Waals surface area (Å²) in [5, 5.41) is 12.4. The fourth-order valence-corrected chi connectivity index (χ4v) is 5.87. The van der Waals surface area contributed by atoms with E-state index in [-0.39, 0.29) is 42.2 Å². The number of likely N-dealkylation sites (tertiary alicyclic amines) is 1. The number of rotatable bonds is 16. The van der Waals surface area contributed by atoms with E-state index in [0.29, 0.717) is 32.2 Å². The number of methoxy groups -OCH3 is 1. The van der Waals surface area contributed by atoms with E-state index in [4.69, 9.17) is 4.74 Å². The molecule has 9 nitrogen and oxygen atoms in total. The van der Waals surface area contributed by atoms with Crippen LogP contribution in [0.5, 0.6) is 0 Å². The number of aliphatic carboxylic acids is 1. The predicted molar refractivity (Wildman–Crippen MR) is 159 cm³/mol. The molecule has 41 heavy (non-hydrogen) atoms. The number of carboxylic acids is 1. The van der Waals surface area contributed by atoms with Crippen LogP contribution in [0.15, 0.2) is 30.3 Å². The van der Waals surface area contributed by atoms with Crippen LogP contribution < -0.4 is 5.32 Å². The van der Waals surface area contributed by atoms with Crippen molar-refractivity contribution in [3.63, 3.8) is 0 Å². The van der Waals surface area contributed by atoms with Crippen LogP contribution in [0.25, 0.3) is 0 Å². The lowest BCUT2D eigenvalue weighted by molar-refractivity contribution is -0.145. The Hall–Kier alpha value is -2.94. The SMILES string of the molecule is CCC(C)C(CCC(=O)N1CCCC1C(OC)C(C)C(=O)NC(Cc1ccccc1)C(=O)O)N(C)C(=O)CC(C)C. The number of amides is 3. The first-order valence-corrected chi connectivity index (χ1v) is 15.1.